The number of carbonyl (C=O) groups is 4. The molecule has 2 aliphatic heterocycles. The molecule has 0 aliphatic carbocycles. The number of anilines is 1. The second kappa shape index (κ2) is 8.98. The summed E-state index contributed by atoms with van der Waals surface area (Å²) in [5, 5.41) is 0. The average Bonchev–Trinajstić information content (AvgIpc) is 3.47. The van der Waals surface area contributed by atoms with Crippen LogP contribution in [0.4, 0.5) is 5.69 Å². The van der Waals surface area contributed by atoms with Crippen LogP contribution in [0.15, 0.2) is 41.0 Å². The van der Waals surface area contributed by atoms with Crippen LogP contribution in [-0.2, 0) is 20.7 Å². The number of nitrogens with zero attached hydrogens (tertiary/aromatic N) is 2. The molecule has 0 bridgehead atoms. The van der Waals surface area contributed by atoms with Crippen LogP contribution in [0.25, 0.3) is 0 Å². The highest BCUT2D eigenvalue weighted by Gasteiger charge is 2.32. The maximum atomic E-state index is 12.8. The van der Waals surface area contributed by atoms with Crippen LogP contribution in [0, 0.1) is 5.92 Å². The molecule has 1 saturated heterocycles. The molecule has 2 amide bonds. The monoisotopic (exact) mass is 438 g/mol. The first-order valence-electron chi connectivity index (χ1n) is 10.8. The molecule has 1 fully saturated rings. The number of likely N-dealkylation sites (tertiary alicyclic amines) is 1. The summed E-state index contributed by atoms with van der Waals surface area (Å²) in [6.07, 6.45) is 2.20. The first-order chi connectivity index (χ1) is 15.3. The Bertz CT molecular complexity index is 1040. The third kappa shape index (κ3) is 4.30. The number of esters is 1. The summed E-state index contributed by atoms with van der Waals surface area (Å²) in [7, 11) is 0. The van der Waals surface area contributed by atoms with Crippen LogP contribution in [0.3, 0.4) is 0 Å². The number of Topliss-reactive ketones (excluding diaryl/α,β-unsaturated/α-hetero) is 1. The van der Waals surface area contributed by atoms with E-state index in [1.165, 1.54) is 13.2 Å². The lowest BCUT2D eigenvalue weighted by Gasteiger charge is -2.30. The quantitative estimate of drug-likeness (QED) is 0.526. The lowest BCUT2D eigenvalue weighted by atomic mass is 9.96. The van der Waals surface area contributed by atoms with Crippen molar-refractivity contribution in [2.75, 3.05) is 24.5 Å². The molecule has 0 radical (unpaired) electrons. The number of piperidine rings is 1. The highest BCUT2D eigenvalue weighted by molar-refractivity contribution is 6.02. The van der Waals surface area contributed by atoms with E-state index in [4.69, 9.17) is 9.15 Å². The van der Waals surface area contributed by atoms with Crippen LogP contribution >= 0.6 is 0 Å². The van der Waals surface area contributed by atoms with Crippen LogP contribution in [0.5, 0.6) is 0 Å². The van der Waals surface area contributed by atoms with Gasteiger partial charge in [0.05, 0.1) is 12.2 Å². The molecule has 0 saturated carbocycles. The van der Waals surface area contributed by atoms with E-state index in [0.717, 1.165) is 11.3 Å². The zero-order valence-corrected chi connectivity index (χ0v) is 18.2. The predicted molar refractivity (Wildman–Crippen MR) is 115 cm³/mol. The maximum Gasteiger partial charge on any atom is 0.309 e. The molecular formula is C24H26N2O6. The summed E-state index contributed by atoms with van der Waals surface area (Å²) >= 11 is 0. The second-order valence-corrected chi connectivity index (χ2v) is 8.25. The number of benzene rings is 1. The number of furan rings is 1. The van der Waals surface area contributed by atoms with Crippen molar-refractivity contribution in [1.29, 1.82) is 0 Å². The standard InChI is InChI=1S/C24H26N2O6/c1-15(22(28)19-5-6-20-18(14-19)9-12-26(20)16(2)27)32-24(30)17-7-10-25(11-8-17)23(29)21-4-3-13-31-21/h3-6,13-15,17H,7-12H2,1-2H3/t15-/m0/s1. The molecule has 8 nitrogen and oxygen atoms in total. The van der Waals surface area contributed by atoms with Gasteiger partial charge in [0.25, 0.3) is 5.91 Å². The molecule has 3 heterocycles. The molecular weight excluding hydrogens is 412 g/mol. The molecule has 32 heavy (non-hydrogen) atoms. The molecule has 8 heteroatoms. The van der Waals surface area contributed by atoms with Crippen molar-refractivity contribution in [2.24, 2.45) is 5.92 Å². The minimum absolute atomic E-state index is 0.0259. The molecule has 168 valence electrons. The van der Waals surface area contributed by atoms with Gasteiger partial charge in [0, 0.05) is 37.8 Å². The number of rotatable bonds is 5. The van der Waals surface area contributed by atoms with Crippen molar-refractivity contribution in [2.45, 2.75) is 39.2 Å². The number of carbonyl (C=O) groups excluding carboxylic acids is 4. The van der Waals surface area contributed by atoms with E-state index in [1.54, 1.807) is 47.1 Å². The van der Waals surface area contributed by atoms with Crippen LogP contribution < -0.4 is 4.90 Å². The number of hydrogen-bond donors (Lipinski definition) is 0. The first-order valence-corrected chi connectivity index (χ1v) is 10.8. The molecule has 0 N–H and O–H groups in total. The summed E-state index contributed by atoms with van der Waals surface area (Å²) < 4.78 is 10.6. The van der Waals surface area contributed by atoms with Gasteiger partial charge in [-0.05, 0) is 62.1 Å². The fraction of sp³-hybridized carbons (Fsp3) is 0.417. The van der Waals surface area contributed by atoms with Gasteiger partial charge in [-0.25, -0.2) is 0 Å². The lowest BCUT2D eigenvalue weighted by molar-refractivity contribution is -0.152. The molecule has 0 spiro atoms. The SMILES string of the molecule is CC(=O)N1CCc2cc(C(=O)[C@H](C)OC(=O)C3CCN(C(=O)c4ccco4)CC3)ccc21. The Labute approximate surface area is 186 Å². The smallest absolute Gasteiger partial charge is 0.309 e. The fourth-order valence-electron chi connectivity index (χ4n) is 4.32. The first kappa shape index (κ1) is 21.8. The van der Waals surface area contributed by atoms with Gasteiger partial charge in [0.2, 0.25) is 11.7 Å². The number of amides is 2. The van der Waals surface area contributed by atoms with Crippen molar-refractivity contribution in [3.63, 3.8) is 0 Å². The van der Waals surface area contributed by atoms with E-state index in [0.29, 0.717) is 44.5 Å². The Balaban J connectivity index is 1.32. The molecule has 0 unspecified atom stereocenters. The fourth-order valence-corrected chi connectivity index (χ4v) is 4.32. The van der Waals surface area contributed by atoms with Crippen molar-refractivity contribution in [1.82, 2.24) is 4.90 Å². The van der Waals surface area contributed by atoms with Crippen LogP contribution in [0.2, 0.25) is 0 Å². The second-order valence-electron chi connectivity index (χ2n) is 8.25. The summed E-state index contributed by atoms with van der Waals surface area (Å²) in [6.45, 7) is 4.56. The van der Waals surface area contributed by atoms with Gasteiger partial charge < -0.3 is 19.0 Å². The molecule has 4 rings (SSSR count). The zero-order valence-electron chi connectivity index (χ0n) is 18.2. The third-order valence-corrected chi connectivity index (χ3v) is 6.15. The van der Waals surface area contributed by atoms with E-state index < -0.39 is 12.1 Å². The van der Waals surface area contributed by atoms with Crippen molar-refractivity contribution >= 4 is 29.3 Å². The average molecular weight is 438 g/mol. The Morgan fingerprint density at radius 3 is 2.50 bits per heavy atom. The normalized spacial score (nSPS) is 17.1. The summed E-state index contributed by atoms with van der Waals surface area (Å²) in [6, 6.07) is 8.51. The Kier molecular flexibility index (Phi) is 6.12. The van der Waals surface area contributed by atoms with Gasteiger partial charge in [-0.3, -0.25) is 19.2 Å². The third-order valence-electron chi connectivity index (χ3n) is 6.15. The Morgan fingerprint density at radius 2 is 1.84 bits per heavy atom. The van der Waals surface area contributed by atoms with Gasteiger partial charge >= 0.3 is 5.97 Å². The molecule has 2 aromatic rings. The van der Waals surface area contributed by atoms with E-state index in [-0.39, 0.29) is 29.3 Å². The van der Waals surface area contributed by atoms with E-state index in [9.17, 15) is 19.2 Å². The van der Waals surface area contributed by atoms with E-state index in [2.05, 4.69) is 0 Å². The highest BCUT2D eigenvalue weighted by atomic mass is 16.5. The molecule has 1 aromatic heterocycles. The minimum Gasteiger partial charge on any atom is -0.459 e. The topological polar surface area (TPSA) is 97.1 Å². The van der Waals surface area contributed by atoms with Crippen molar-refractivity contribution in [3.05, 3.63) is 53.5 Å². The van der Waals surface area contributed by atoms with Crippen LogP contribution in [-0.4, -0.2) is 54.2 Å². The van der Waals surface area contributed by atoms with Gasteiger partial charge in [-0.15, -0.1) is 0 Å². The zero-order chi connectivity index (χ0) is 22.8. The molecule has 2 aliphatic rings. The summed E-state index contributed by atoms with van der Waals surface area (Å²) in [5.74, 6) is -0.971. The largest absolute Gasteiger partial charge is 0.459 e. The Morgan fingerprint density at radius 1 is 1.09 bits per heavy atom. The van der Waals surface area contributed by atoms with Gasteiger partial charge in [0.1, 0.15) is 0 Å². The van der Waals surface area contributed by atoms with E-state index >= 15 is 0 Å². The van der Waals surface area contributed by atoms with E-state index in [1.807, 2.05) is 0 Å². The molecule has 1 aromatic carbocycles. The number of ether oxygens (including phenoxy) is 1. The van der Waals surface area contributed by atoms with Gasteiger partial charge in [-0.1, -0.05) is 0 Å². The minimum atomic E-state index is -0.909. The highest BCUT2D eigenvalue weighted by Crippen LogP contribution is 2.29. The van der Waals surface area contributed by atoms with Gasteiger partial charge in [-0.2, -0.15) is 0 Å². The predicted octanol–water partition coefficient (Wildman–Crippen LogP) is 2.86. The van der Waals surface area contributed by atoms with Crippen molar-refractivity contribution < 1.29 is 28.3 Å². The summed E-state index contributed by atoms with van der Waals surface area (Å²) in [5.41, 5.74) is 2.24. The lowest BCUT2D eigenvalue weighted by Crippen LogP contribution is -2.41. The number of ketones is 1. The Hall–Kier alpha value is -3.42. The number of fused-ring (bicyclic) bond motifs is 1. The number of hydrogen-bond acceptors (Lipinski definition) is 6. The maximum absolute atomic E-state index is 12.8. The van der Waals surface area contributed by atoms with Crippen molar-refractivity contribution in [3.8, 4) is 0 Å². The van der Waals surface area contributed by atoms with Crippen LogP contribution in [0.1, 0.15) is 53.2 Å². The summed E-state index contributed by atoms with van der Waals surface area (Å²) in [4.78, 5) is 52.8. The molecule has 1 atom stereocenters. The van der Waals surface area contributed by atoms with Gasteiger partial charge in [0.15, 0.2) is 11.9 Å².